The summed E-state index contributed by atoms with van der Waals surface area (Å²) < 4.78 is 63.5. The number of amides is 1. The van der Waals surface area contributed by atoms with Crippen molar-refractivity contribution in [3.63, 3.8) is 0 Å². The Morgan fingerprint density at radius 1 is 1.10 bits per heavy atom. The van der Waals surface area contributed by atoms with Gasteiger partial charge in [-0.25, -0.2) is 13.1 Å². The van der Waals surface area contributed by atoms with Crippen molar-refractivity contribution in [3.05, 3.63) is 0 Å². The Hall–Kier alpha value is -0.800. The molecular formula is C12H19F2NO5S. The summed E-state index contributed by atoms with van der Waals surface area (Å²) in [6.45, 7) is 0.664. The summed E-state index contributed by atoms with van der Waals surface area (Å²) in [4.78, 5) is 11.7. The van der Waals surface area contributed by atoms with Gasteiger partial charge in [-0.3, -0.25) is 4.79 Å². The summed E-state index contributed by atoms with van der Waals surface area (Å²) in [5.74, 6) is -6.66. The summed E-state index contributed by atoms with van der Waals surface area (Å²) in [6, 6.07) is 0. The third kappa shape index (κ3) is 3.89. The maximum absolute atomic E-state index is 14.0. The zero-order valence-electron chi connectivity index (χ0n) is 11.5. The lowest BCUT2D eigenvalue weighted by atomic mass is 9.92. The van der Waals surface area contributed by atoms with Gasteiger partial charge in [0.05, 0.1) is 6.61 Å². The molecule has 2 fully saturated rings. The van der Waals surface area contributed by atoms with E-state index in [-0.39, 0.29) is 32.7 Å². The van der Waals surface area contributed by atoms with Crippen molar-refractivity contribution in [2.24, 2.45) is 5.92 Å². The Morgan fingerprint density at radius 2 is 1.76 bits per heavy atom. The summed E-state index contributed by atoms with van der Waals surface area (Å²) in [7, 11) is -4.14. The van der Waals surface area contributed by atoms with E-state index in [0.717, 1.165) is 0 Å². The van der Waals surface area contributed by atoms with Gasteiger partial charge in [-0.05, 0) is 25.7 Å². The highest BCUT2D eigenvalue weighted by molar-refractivity contribution is 7.90. The van der Waals surface area contributed by atoms with Gasteiger partial charge in [0.2, 0.25) is 10.0 Å². The van der Waals surface area contributed by atoms with E-state index in [2.05, 4.69) is 0 Å². The quantitative estimate of drug-likeness (QED) is 0.821. The first-order valence-corrected chi connectivity index (χ1v) is 8.48. The first-order valence-electron chi connectivity index (χ1n) is 6.93. The fourth-order valence-electron chi connectivity index (χ4n) is 2.48. The topological polar surface area (TPSA) is 81.7 Å². The molecule has 0 spiro atoms. The normalized spacial score (nSPS) is 25.5. The van der Waals surface area contributed by atoms with E-state index in [9.17, 15) is 22.0 Å². The van der Waals surface area contributed by atoms with Crippen molar-refractivity contribution in [2.45, 2.75) is 36.9 Å². The lowest BCUT2D eigenvalue weighted by molar-refractivity contribution is -0.157. The van der Waals surface area contributed by atoms with Gasteiger partial charge >= 0.3 is 11.8 Å². The van der Waals surface area contributed by atoms with Crippen LogP contribution in [0, 0.1) is 5.92 Å². The molecule has 0 aromatic heterocycles. The number of sulfonamides is 1. The minimum absolute atomic E-state index is 0.0347. The summed E-state index contributed by atoms with van der Waals surface area (Å²) in [5.41, 5.74) is 0. The van der Waals surface area contributed by atoms with Crippen LogP contribution in [0.5, 0.6) is 0 Å². The number of alkyl halides is 2. The highest BCUT2D eigenvalue weighted by Crippen LogP contribution is 2.33. The van der Waals surface area contributed by atoms with Gasteiger partial charge in [0.15, 0.2) is 0 Å². The standard InChI is InChI=1S/C12H19F2NO5S/c13-12(14,9-3-6-19-7-4-9)11(16)15-21(17,18)10-2-1-5-20-8-10/h9-10H,1-8H2,(H,15,16). The zero-order valence-corrected chi connectivity index (χ0v) is 12.3. The summed E-state index contributed by atoms with van der Waals surface area (Å²) >= 11 is 0. The maximum Gasteiger partial charge on any atom is 0.328 e. The Morgan fingerprint density at radius 3 is 2.33 bits per heavy atom. The number of hydrogen-bond donors (Lipinski definition) is 1. The van der Waals surface area contributed by atoms with Crippen molar-refractivity contribution < 1.29 is 31.5 Å². The van der Waals surface area contributed by atoms with Gasteiger partial charge in [0, 0.05) is 25.7 Å². The van der Waals surface area contributed by atoms with Crippen LogP contribution in [0.15, 0.2) is 0 Å². The highest BCUT2D eigenvalue weighted by Gasteiger charge is 2.49. The first-order chi connectivity index (χ1) is 9.84. The van der Waals surface area contributed by atoms with Crippen LogP contribution in [0.2, 0.25) is 0 Å². The molecule has 1 atom stereocenters. The minimum atomic E-state index is -4.14. The van der Waals surface area contributed by atoms with Crippen LogP contribution >= 0.6 is 0 Å². The van der Waals surface area contributed by atoms with Crippen LogP contribution in [-0.4, -0.2) is 51.9 Å². The van der Waals surface area contributed by atoms with Crippen LogP contribution in [0.4, 0.5) is 8.78 Å². The molecule has 2 rings (SSSR count). The lowest BCUT2D eigenvalue weighted by Crippen LogP contribution is -2.51. The number of nitrogens with one attached hydrogen (secondary N) is 1. The number of carbonyl (C=O) groups is 1. The minimum Gasteiger partial charge on any atom is -0.381 e. The van der Waals surface area contributed by atoms with Gasteiger partial charge in [-0.1, -0.05) is 0 Å². The molecule has 122 valence electrons. The van der Waals surface area contributed by atoms with Gasteiger partial charge in [-0.2, -0.15) is 8.78 Å². The van der Waals surface area contributed by atoms with E-state index in [0.29, 0.717) is 19.4 Å². The van der Waals surface area contributed by atoms with Gasteiger partial charge in [0.1, 0.15) is 5.25 Å². The molecule has 2 aliphatic heterocycles. The molecule has 1 amide bonds. The molecular weight excluding hydrogens is 308 g/mol. The van der Waals surface area contributed by atoms with Crippen LogP contribution in [0.3, 0.4) is 0 Å². The fraction of sp³-hybridized carbons (Fsp3) is 0.917. The third-order valence-corrected chi connectivity index (χ3v) is 5.55. The number of hydrogen-bond acceptors (Lipinski definition) is 5. The van der Waals surface area contributed by atoms with Crippen molar-refractivity contribution >= 4 is 15.9 Å². The largest absolute Gasteiger partial charge is 0.381 e. The molecule has 0 aliphatic carbocycles. The molecule has 0 radical (unpaired) electrons. The molecule has 6 nitrogen and oxygen atoms in total. The van der Waals surface area contributed by atoms with E-state index in [1.54, 1.807) is 0 Å². The monoisotopic (exact) mass is 327 g/mol. The van der Waals surface area contributed by atoms with Crippen molar-refractivity contribution in [1.29, 1.82) is 0 Å². The predicted octanol–water partition coefficient (Wildman–Crippen LogP) is 0.673. The van der Waals surface area contributed by atoms with Crippen molar-refractivity contribution in [2.75, 3.05) is 26.4 Å². The third-order valence-electron chi connectivity index (χ3n) is 3.83. The number of ether oxygens (including phenoxy) is 2. The molecule has 0 aromatic rings. The average Bonchev–Trinajstić information content (AvgIpc) is 2.48. The number of carbonyl (C=O) groups excluding carboxylic acids is 1. The Labute approximate surface area is 122 Å². The Bertz CT molecular complexity index is 470. The highest BCUT2D eigenvalue weighted by atomic mass is 32.2. The molecule has 2 aliphatic rings. The first kappa shape index (κ1) is 16.6. The predicted molar refractivity (Wildman–Crippen MR) is 69.4 cm³/mol. The second kappa shape index (κ2) is 6.53. The van der Waals surface area contributed by atoms with Crippen LogP contribution < -0.4 is 4.72 Å². The second-order valence-corrected chi connectivity index (χ2v) is 7.29. The molecule has 2 heterocycles. The molecule has 21 heavy (non-hydrogen) atoms. The maximum atomic E-state index is 14.0. The van der Waals surface area contributed by atoms with E-state index in [1.165, 1.54) is 4.72 Å². The van der Waals surface area contributed by atoms with Crippen LogP contribution in [0.25, 0.3) is 0 Å². The van der Waals surface area contributed by atoms with E-state index >= 15 is 0 Å². The second-order valence-electron chi connectivity index (χ2n) is 5.32. The van der Waals surface area contributed by atoms with Crippen LogP contribution in [-0.2, 0) is 24.3 Å². The molecule has 9 heteroatoms. The number of rotatable bonds is 4. The van der Waals surface area contributed by atoms with Crippen molar-refractivity contribution in [1.82, 2.24) is 4.72 Å². The van der Waals surface area contributed by atoms with Gasteiger partial charge in [-0.15, -0.1) is 0 Å². The summed E-state index contributed by atoms with van der Waals surface area (Å²) in [5, 5.41) is -0.958. The molecule has 1 N–H and O–H groups in total. The van der Waals surface area contributed by atoms with Crippen molar-refractivity contribution in [3.8, 4) is 0 Å². The van der Waals surface area contributed by atoms with E-state index in [4.69, 9.17) is 9.47 Å². The lowest BCUT2D eigenvalue weighted by Gasteiger charge is -2.29. The molecule has 2 saturated heterocycles. The molecule has 1 unspecified atom stereocenters. The fourth-order valence-corrected chi connectivity index (χ4v) is 3.80. The summed E-state index contributed by atoms with van der Waals surface area (Å²) in [6.07, 6.45) is 0.890. The van der Waals surface area contributed by atoms with E-state index in [1.807, 2.05) is 0 Å². The van der Waals surface area contributed by atoms with E-state index < -0.39 is 33.0 Å². The molecule has 0 bridgehead atoms. The van der Waals surface area contributed by atoms with Gasteiger partial charge < -0.3 is 9.47 Å². The average molecular weight is 327 g/mol. The molecule has 0 saturated carbocycles. The smallest absolute Gasteiger partial charge is 0.328 e. The number of halogens is 2. The molecule has 0 aromatic carbocycles. The zero-order chi connectivity index (χ0) is 15.5. The van der Waals surface area contributed by atoms with Crippen LogP contribution in [0.1, 0.15) is 25.7 Å². The SMILES string of the molecule is O=C(NS(=O)(=O)C1CCCOC1)C(F)(F)C1CCOCC1. The Balaban J connectivity index is 2.01. The Kier molecular flexibility index (Phi) is 5.15. The van der Waals surface area contributed by atoms with Gasteiger partial charge in [0.25, 0.3) is 0 Å².